The molecule has 6 heteroatoms. The lowest BCUT2D eigenvalue weighted by Crippen LogP contribution is -2.55. The fourth-order valence-electron chi connectivity index (χ4n) is 2.46. The van der Waals surface area contributed by atoms with Crippen LogP contribution in [0.25, 0.3) is 0 Å². The molecule has 1 saturated carbocycles. The van der Waals surface area contributed by atoms with Crippen LogP contribution in [-0.4, -0.2) is 46.8 Å². The molecular formula is C11H18N2O4. The number of carbonyl (C=O) groups excluding carboxylic acids is 1. The Balaban J connectivity index is 1.72. The molecule has 0 aromatic heterocycles. The predicted octanol–water partition coefficient (Wildman–Crippen LogP) is -0.920. The van der Waals surface area contributed by atoms with Crippen molar-refractivity contribution >= 4 is 11.9 Å². The largest absolute Gasteiger partial charge is 0.481 e. The molecule has 4 N–H and O–H groups in total. The first-order chi connectivity index (χ1) is 8.00. The van der Waals surface area contributed by atoms with E-state index in [4.69, 9.17) is 5.11 Å². The number of carbonyl (C=O) groups is 2. The molecule has 1 saturated heterocycles. The summed E-state index contributed by atoms with van der Waals surface area (Å²) in [4.78, 5) is 22.3. The first-order valence-corrected chi connectivity index (χ1v) is 5.96. The van der Waals surface area contributed by atoms with Gasteiger partial charge in [-0.15, -0.1) is 0 Å². The number of nitrogens with one attached hydrogen (secondary N) is 2. The molecule has 0 radical (unpaired) electrons. The van der Waals surface area contributed by atoms with Gasteiger partial charge in [0, 0.05) is 6.54 Å². The van der Waals surface area contributed by atoms with E-state index < -0.39 is 17.5 Å². The minimum atomic E-state index is -1.03. The second-order valence-electron chi connectivity index (χ2n) is 5.03. The Morgan fingerprint density at radius 3 is 2.65 bits per heavy atom. The highest BCUT2D eigenvalue weighted by Gasteiger charge is 2.46. The summed E-state index contributed by atoms with van der Waals surface area (Å²) in [5.74, 6) is -1.45. The highest BCUT2D eigenvalue weighted by molar-refractivity contribution is 5.82. The second-order valence-corrected chi connectivity index (χ2v) is 5.03. The predicted molar refractivity (Wildman–Crippen MR) is 59.3 cm³/mol. The van der Waals surface area contributed by atoms with Crippen molar-refractivity contribution in [2.45, 2.75) is 37.3 Å². The van der Waals surface area contributed by atoms with Crippen LogP contribution in [0.1, 0.15) is 25.7 Å². The van der Waals surface area contributed by atoms with Crippen LogP contribution >= 0.6 is 0 Å². The van der Waals surface area contributed by atoms with Gasteiger partial charge in [-0.3, -0.25) is 9.59 Å². The van der Waals surface area contributed by atoms with Gasteiger partial charge in [0.25, 0.3) is 0 Å². The van der Waals surface area contributed by atoms with E-state index in [2.05, 4.69) is 10.6 Å². The van der Waals surface area contributed by atoms with E-state index in [-0.39, 0.29) is 31.3 Å². The monoisotopic (exact) mass is 242 g/mol. The second kappa shape index (κ2) is 4.62. The van der Waals surface area contributed by atoms with Crippen molar-refractivity contribution in [3.63, 3.8) is 0 Å². The van der Waals surface area contributed by atoms with Gasteiger partial charge in [0.05, 0.1) is 17.6 Å². The van der Waals surface area contributed by atoms with Crippen LogP contribution in [0.3, 0.4) is 0 Å². The number of hydrogen-bond acceptors (Lipinski definition) is 4. The molecule has 1 aliphatic carbocycles. The standard InChI is InChI=1S/C11H18N2O4/c14-9(8-2-1-3-12-8)13-6-11(17)4-7(5-11)10(15)16/h7-8,12,17H,1-6H2,(H,13,14)(H,15,16)/t7?,8-,11?/m0/s1. The molecule has 0 aromatic carbocycles. The van der Waals surface area contributed by atoms with E-state index in [1.54, 1.807) is 0 Å². The minimum absolute atomic E-state index is 0.102. The average molecular weight is 242 g/mol. The fourth-order valence-corrected chi connectivity index (χ4v) is 2.46. The summed E-state index contributed by atoms with van der Waals surface area (Å²) < 4.78 is 0. The van der Waals surface area contributed by atoms with Crippen molar-refractivity contribution in [1.82, 2.24) is 10.6 Å². The Kier molecular flexibility index (Phi) is 3.35. The number of amides is 1. The average Bonchev–Trinajstić information content (AvgIpc) is 2.75. The smallest absolute Gasteiger partial charge is 0.306 e. The van der Waals surface area contributed by atoms with Gasteiger partial charge < -0.3 is 20.8 Å². The molecule has 6 nitrogen and oxygen atoms in total. The van der Waals surface area contributed by atoms with Crippen LogP contribution in [0.5, 0.6) is 0 Å². The molecule has 1 atom stereocenters. The number of aliphatic hydroxyl groups is 1. The van der Waals surface area contributed by atoms with Gasteiger partial charge in [-0.25, -0.2) is 0 Å². The number of rotatable bonds is 4. The topological polar surface area (TPSA) is 98.7 Å². The van der Waals surface area contributed by atoms with Crippen molar-refractivity contribution in [3.8, 4) is 0 Å². The molecule has 1 aliphatic heterocycles. The van der Waals surface area contributed by atoms with Gasteiger partial charge >= 0.3 is 5.97 Å². The number of carboxylic acid groups (broad SMARTS) is 1. The third-order valence-electron chi connectivity index (χ3n) is 3.57. The van der Waals surface area contributed by atoms with E-state index in [1.165, 1.54) is 0 Å². The van der Waals surface area contributed by atoms with Crippen LogP contribution in [-0.2, 0) is 9.59 Å². The molecule has 1 amide bonds. The molecule has 0 spiro atoms. The van der Waals surface area contributed by atoms with Gasteiger partial charge in [-0.2, -0.15) is 0 Å². The lowest BCUT2D eigenvalue weighted by Gasteiger charge is -2.41. The van der Waals surface area contributed by atoms with Gasteiger partial charge in [-0.05, 0) is 32.2 Å². The lowest BCUT2D eigenvalue weighted by molar-refractivity contribution is -0.158. The highest BCUT2D eigenvalue weighted by atomic mass is 16.4. The van der Waals surface area contributed by atoms with Crippen LogP contribution < -0.4 is 10.6 Å². The van der Waals surface area contributed by atoms with E-state index in [0.717, 1.165) is 19.4 Å². The summed E-state index contributed by atoms with van der Waals surface area (Å²) >= 11 is 0. The zero-order valence-corrected chi connectivity index (χ0v) is 9.61. The Morgan fingerprint density at radius 2 is 2.12 bits per heavy atom. The normalized spacial score (nSPS) is 36.3. The SMILES string of the molecule is O=C(O)C1CC(O)(CNC(=O)[C@@H]2CCCN2)C1. The van der Waals surface area contributed by atoms with Crippen molar-refractivity contribution in [1.29, 1.82) is 0 Å². The molecule has 0 bridgehead atoms. The highest BCUT2D eigenvalue weighted by Crippen LogP contribution is 2.37. The molecule has 0 aromatic rings. The Morgan fingerprint density at radius 1 is 1.41 bits per heavy atom. The van der Waals surface area contributed by atoms with Crippen molar-refractivity contribution in [2.75, 3.05) is 13.1 Å². The van der Waals surface area contributed by atoms with Crippen molar-refractivity contribution in [3.05, 3.63) is 0 Å². The van der Waals surface area contributed by atoms with Crippen LogP contribution in [0, 0.1) is 5.92 Å². The molecule has 17 heavy (non-hydrogen) atoms. The Bertz CT molecular complexity index is 319. The molecule has 1 heterocycles. The third-order valence-corrected chi connectivity index (χ3v) is 3.57. The van der Waals surface area contributed by atoms with Crippen LogP contribution in [0.4, 0.5) is 0 Å². The molecular weight excluding hydrogens is 224 g/mol. The fraction of sp³-hybridized carbons (Fsp3) is 0.818. The zero-order chi connectivity index (χ0) is 12.5. The minimum Gasteiger partial charge on any atom is -0.481 e. The summed E-state index contributed by atoms with van der Waals surface area (Å²) in [5, 5.41) is 24.4. The van der Waals surface area contributed by atoms with Crippen molar-refractivity contribution in [2.24, 2.45) is 5.92 Å². The summed E-state index contributed by atoms with van der Waals surface area (Å²) in [6.45, 7) is 0.997. The van der Waals surface area contributed by atoms with Gasteiger partial charge in [-0.1, -0.05) is 0 Å². The maximum absolute atomic E-state index is 11.6. The van der Waals surface area contributed by atoms with Gasteiger partial charge in [0.1, 0.15) is 0 Å². The van der Waals surface area contributed by atoms with E-state index >= 15 is 0 Å². The summed E-state index contributed by atoms with van der Waals surface area (Å²) in [7, 11) is 0. The van der Waals surface area contributed by atoms with Crippen LogP contribution in [0.2, 0.25) is 0 Å². The van der Waals surface area contributed by atoms with E-state index in [0.29, 0.717) is 0 Å². The van der Waals surface area contributed by atoms with Gasteiger partial charge in [0.15, 0.2) is 0 Å². The molecule has 2 rings (SSSR count). The third kappa shape index (κ3) is 2.76. The van der Waals surface area contributed by atoms with E-state index in [1.807, 2.05) is 0 Å². The number of hydrogen-bond donors (Lipinski definition) is 4. The molecule has 2 fully saturated rings. The first-order valence-electron chi connectivity index (χ1n) is 5.96. The Labute approximate surface area is 99.4 Å². The first kappa shape index (κ1) is 12.3. The van der Waals surface area contributed by atoms with Crippen molar-refractivity contribution < 1.29 is 19.8 Å². The van der Waals surface area contributed by atoms with E-state index in [9.17, 15) is 14.7 Å². The zero-order valence-electron chi connectivity index (χ0n) is 9.61. The lowest BCUT2D eigenvalue weighted by atomic mass is 9.71. The maximum atomic E-state index is 11.6. The van der Waals surface area contributed by atoms with Gasteiger partial charge in [0.2, 0.25) is 5.91 Å². The quantitative estimate of drug-likeness (QED) is 0.511. The summed E-state index contributed by atoms with van der Waals surface area (Å²) in [6, 6.07) is -0.158. The summed E-state index contributed by atoms with van der Waals surface area (Å²) in [5.41, 5.74) is -1.03. The molecule has 96 valence electrons. The number of carboxylic acids is 1. The molecule has 2 aliphatic rings. The number of aliphatic carboxylic acids is 1. The maximum Gasteiger partial charge on any atom is 0.306 e. The van der Waals surface area contributed by atoms with Crippen LogP contribution in [0.15, 0.2) is 0 Å². The summed E-state index contributed by atoms with van der Waals surface area (Å²) in [6.07, 6.45) is 2.26. The molecule has 0 unspecified atom stereocenters. The Hall–Kier alpha value is -1.14.